The topological polar surface area (TPSA) is 0 Å². The van der Waals surface area contributed by atoms with Crippen molar-refractivity contribution in [3.63, 3.8) is 0 Å². The zero-order valence-electron chi connectivity index (χ0n) is 2.90. The first-order chi connectivity index (χ1) is 0. The smallest absolute Gasteiger partial charge is 0 e. The fourth-order valence-corrected chi connectivity index (χ4v) is 0. The largest absolute Gasteiger partial charge is 0.269 e. The van der Waals surface area contributed by atoms with Gasteiger partial charge in [0.2, 0.25) is 0 Å². The molecule has 0 fully saturated rings. The molecule has 7 heteroatoms. The van der Waals surface area contributed by atoms with Gasteiger partial charge in [0.15, 0.2) is 0 Å². The molecule has 0 amide bonds. The number of hydrogen-bond donors (Lipinski definition) is 0. The monoisotopic (exact) mass is 241 g/mol. The second-order valence-corrected chi connectivity index (χ2v) is 0. The van der Waals surface area contributed by atoms with Crippen LogP contribution >= 0.6 is 0 Å². The van der Waals surface area contributed by atoms with Gasteiger partial charge in [0.1, 0.15) is 0 Å². The summed E-state index contributed by atoms with van der Waals surface area (Å²) in [6, 6.07) is 0. The van der Waals surface area contributed by atoms with E-state index in [-0.39, 0.29) is 52.7 Å². The molecular formula is H6F6Sb. The molecule has 0 atom stereocenters. The maximum absolute atomic E-state index is 0. The van der Waals surface area contributed by atoms with E-state index in [4.69, 9.17) is 0 Å². The molecule has 0 saturated heterocycles. The van der Waals surface area contributed by atoms with Gasteiger partial charge in [0, 0.05) is 24.4 Å². The van der Waals surface area contributed by atoms with E-state index in [0.717, 1.165) is 0 Å². The van der Waals surface area contributed by atoms with Crippen molar-refractivity contribution >= 4 is 24.4 Å². The molecule has 0 bridgehead atoms. The Kier molecular flexibility index (Phi) is 321000. The van der Waals surface area contributed by atoms with E-state index in [2.05, 4.69) is 0 Å². The molecule has 0 aromatic rings. The van der Waals surface area contributed by atoms with Gasteiger partial charge in [-0.3, -0.25) is 28.2 Å². The van der Waals surface area contributed by atoms with E-state index in [9.17, 15) is 0 Å². The van der Waals surface area contributed by atoms with Crippen LogP contribution in [0.15, 0.2) is 0 Å². The molecule has 0 nitrogen and oxygen atoms in total. The molecule has 0 aliphatic heterocycles. The molecule has 0 unspecified atom stereocenters. The van der Waals surface area contributed by atoms with Crippen LogP contribution in [0.1, 0.15) is 0 Å². The Morgan fingerprint density at radius 2 is 0.286 bits per heavy atom. The number of rotatable bonds is 0. The molecule has 0 saturated carbocycles. The van der Waals surface area contributed by atoms with Gasteiger partial charge >= 0.3 is 0 Å². The van der Waals surface area contributed by atoms with Crippen LogP contribution in [0.25, 0.3) is 0 Å². The van der Waals surface area contributed by atoms with Crippen LogP contribution in [0, 0.1) is 0 Å². The molecule has 0 rings (SSSR count). The average molecular weight is 242 g/mol. The first-order valence-corrected chi connectivity index (χ1v) is 0. The van der Waals surface area contributed by atoms with Crippen molar-refractivity contribution in [2.75, 3.05) is 0 Å². The Balaban J connectivity index is 0. The molecular weight excluding hydrogens is 236 g/mol. The van der Waals surface area contributed by atoms with Gasteiger partial charge in [-0.05, 0) is 0 Å². The maximum Gasteiger partial charge on any atom is 0 e. The molecule has 53 valence electrons. The van der Waals surface area contributed by atoms with Crippen LogP contribution in [-0.2, 0) is 0 Å². The average Bonchev–Trinajstić information content (AvgIpc) is 0. The minimum Gasteiger partial charge on any atom is -0.269 e. The van der Waals surface area contributed by atoms with Gasteiger partial charge < -0.3 is 0 Å². The third-order valence-electron chi connectivity index (χ3n) is 0. The summed E-state index contributed by atoms with van der Waals surface area (Å²) in [7, 11) is 0. The van der Waals surface area contributed by atoms with Crippen molar-refractivity contribution in [1.82, 2.24) is 0 Å². The van der Waals surface area contributed by atoms with Gasteiger partial charge in [0.05, 0.1) is 0 Å². The molecule has 0 N–H and O–H groups in total. The van der Waals surface area contributed by atoms with Gasteiger partial charge in [-0.25, -0.2) is 0 Å². The molecule has 0 heterocycles. The van der Waals surface area contributed by atoms with Crippen molar-refractivity contribution < 1.29 is 28.2 Å². The summed E-state index contributed by atoms with van der Waals surface area (Å²) in [5.74, 6) is 0. The first-order valence-electron chi connectivity index (χ1n) is 0. The third-order valence-corrected chi connectivity index (χ3v) is 0. The summed E-state index contributed by atoms with van der Waals surface area (Å²) in [6.07, 6.45) is 0. The summed E-state index contributed by atoms with van der Waals surface area (Å²) in [6.45, 7) is 0. The first kappa shape index (κ1) is 1910. The Bertz CT molecular complexity index is 4.14. The fourth-order valence-electron chi connectivity index (χ4n) is 0. The van der Waals surface area contributed by atoms with Crippen LogP contribution in [0.2, 0.25) is 0 Å². The fraction of sp³-hybridized carbons (Fsp3) is 0. The van der Waals surface area contributed by atoms with Crippen LogP contribution in [0.3, 0.4) is 0 Å². The Hall–Kier alpha value is 0.398. The molecule has 0 aliphatic carbocycles. The molecule has 0 aromatic heterocycles. The maximum atomic E-state index is 0. The Labute approximate surface area is 53.3 Å². The van der Waals surface area contributed by atoms with E-state index >= 15 is 0 Å². The molecule has 7 heavy (non-hydrogen) atoms. The molecule has 3 radical (unpaired) electrons. The summed E-state index contributed by atoms with van der Waals surface area (Å²) in [4.78, 5) is 0. The Morgan fingerprint density at radius 3 is 0.286 bits per heavy atom. The minimum absolute atomic E-state index is 0. The predicted octanol–water partition coefficient (Wildman–Crippen LogP) is 0.534. The second-order valence-electron chi connectivity index (χ2n) is 0. The quantitative estimate of drug-likeness (QED) is 0.429. The van der Waals surface area contributed by atoms with E-state index in [1.54, 1.807) is 0 Å². The van der Waals surface area contributed by atoms with Crippen LogP contribution in [-0.4, -0.2) is 24.4 Å². The van der Waals surface area contributed by atoms with Gasteiger partial charge in [-0.2, -0.15) is 0 Å². The molecule has 0 spiro atoms. The van der Waals surface area contributed by atoms with Crippen molar-refractivity contribution in [3.05, 3.63) is 0 Å². The summed E-state index contributed by atoms with van der Waals surface area (Å²) >= 11 is 0. The summed E-state index contributed by atoms with van der Waals surface area (Å²) in [5.41, 5.74) is 0. The van der Waals surface area contributed by atoms with Crippen molar-refractivity contribution in [2.24, 2.45) is 0 Å². The zero-order chi connectivity index (χ0) is 0. The third kappa shape index (κ3) is 781. The van der Waals surface area contributed by atoms with Crippen molar-refractivity contribution in [2.45, 2.75) is 0 Å². The van der Waals surface area contributed by atoms with Gasteiger partial charge in [-0.15, -0.1) is 0 Å². The van der Waals surface area contributed by atoms with Gasteiger partial charge in [0.25, 0.3) is 0 Å². The van der Waals surface area contributed by atoms with Crippen LogP contribution in [0.4, 0.5) is 28.2 Å². The van der Waals surface area contributed by atoms with Crippen molar-refractivity contribution in [1.29, 1.82) is 0 Å². The van der Waals surface area contributed by atoms with E-state index in [1.807, 2.05) is 0 Å². The number of halogens is 6. The van der Waals surface area contributed by atoms with Crippen LogP contribution < -0.4 is 0 Å². The number of hydrogen-bond acceptors (Lipinski definition) is 0. The molecule has 0 aromatic carbocycles. The van der Waals surface area contributed by atoms with Crippen LogP contribution in [0.5, 0.6) is 0 Å². The minimum atomic E-state index is 0. The normalized spacial score (nSPS) is 0. The van der Waals surface area contributed by atoms with E-state index < -0.39 is 0 Å². The zero-order valence-corrected chi connectivity index (χ0v) is 5.45. The SMILES string of the molecule is F.F.F.F.F.F.[Sb]. The molecule has 0 aliphatic rings. The van der Waals surface area contributed by atoms with Crippen molar-refractivity contribution in [3.8, 4) is 0 Å². The second kappa shape index (κ2) is 1180. The summed E-state index contributed by atoms with van der Waals surface area (Å²) < 4.78 is 0. The predicted molar refractivity (Wildman–Crippen MR) is 20.8 cm³/mol. The summed E-state index contributed by atoms with van der Waals surface area (Å²) in [5, 5.41) is 0. The van der Waals surface area contributed by atoms with E-state index in [0.29, 0.717) is 0 Å². The standard InChI is InChI=1S/6FH.Sb/h6*1H;. The van der Waals surface area contributed by atoms with Gasteiger partial charge in [-0.1, -0.05) is 0 Å². The Morgan fingerprint density at radius 1 is 0.286 bits per heavy atom. The van der Waals surface area contributed by atoms with E-state index in [1.165, 1.54) is 0 Å².